The molecule has 0 unspecified atom stereocenters. The van der Waals surface area contributed by atoms with Crippen molar-refractivity contribution in [2.24, 2.45) is 0 Å². The zero-order valence-corrected chi connectivity index (χ0v) is 13.0. The number of hydrogen-bond donors (Lipinski definition) is 0. The minimum absolute atomic E-state index is 0.0936. The van der Waals surface area contributed by atoms with Crippen LogP contribution < -0.4 is 10.5 Å². The Morgan fingerprint density at radius 3 is 2.70 bits per heavy atom. The van der Waals surface area contributed by atoms with Gasteiger partial charge in [0, 0.05) is 6.54 Å². The number of aromatic nitrogens is 1. The maximum atomic E-state index is 12.0. The van der Waals surface area contributed by atoms with Crippen molar-refractivity contribution in [2.75, 3.05) is 0 Å². The molecule has 0 atom stereocenters. The first-order valence-corrected chi connectivity index (χ1v) is 7.41. The summed E-state index contributed by atoms with van der Waals surface area (Å²) >= 11 is 0. The number of carbonyl (C=O) groups excluding carboxylic acids is 1. The SMILES string of the molecule is Cc1ccc(OC(=O)CCn2c(=O)oc3ccccc32)cc1C. The molecule has 3 rings (SSSR count). The molecule has 0 N–H and O–H groups in total. The number of rotatable bonds is 4. The van der Waals surface area contributed by atoms with E-state index in [9.17, 15) is 9.59 Å². The number of fused-ring (bicyclic) bond motifs is 1. The molecule has 0 bridgehead atoms. The van der Waals surface area contributed by atoms with Crippen molar-refractivity contribution in [2.45, 2.75) is 26.8 Å². The standard InChI is InChI=1S/C18H17NO4/c1-12-7-8-14(11-13(12)2)22-17(20)9-10-19-15-5-3-4-6-16(15)23-18(19)21/h3-8,11H,9-10H2,1-2H3. The highest BCUT2D eigenvalue weighted by Gasteiger charge is 2.11. The molecule has 0 fully saturated rings. The van der Waals surface area contributed by atoms with Crippen LogP contribution in [0.1, 0.15) is 17.5 Å². The van der Waals surface area contributed by atoms with E-state index >= 15 is 0 Å². The number of oxazole rings is 1. The van der Waals surface area contributed by atoms with Gasteiger partial charge in [-0.2, -0.15) is 0 Å². The van der Waals surface area contributed by atoms with E-state index in [2.05, 4.69) is 0 Å². The molecule has 1 heterocycles. The van der Waals surface area contributed by atoms with Crippen molar-refractivity contribution in [1.29, 1.82) is 0 Å². The minimum atomic E-state index is -0.467. The molecular formula is C18H17NO4. The molecule has 0 aliphatic carbocycles. The first-order chi connectivity index (χ1) is 11.0. The van der Waals surface area contributed by atoms with Crippen LogP contribution in [0.4, 0.5) is 0 Å². The number of para-hydroxylation sites is 2. The second-order valence-corrected chi connectivity index (χ2v) is 5.46. The Morgan fingerprint density at radius 1 is 1.13 bits per heavy atom. The number of esters is 1. The maximum Gasteiger partial charge on any atom is 0.419 e. The summed E-state index contributed by atoms with van der Waals surface area (Å²) in [6, 6.07) is 12.6. The predicted molar refractivity (Wildman–Crippen MR) is 86.6 cm³/mol. The van der Waals surface area contributed by atoms with Crippen LogP contribution in [0.5, 0.6) is 5.75 Å². The van der Waals surface area contributed by atoms with E-state index in [0.717, 1.165) is 11.1 Å². The number of hydrogen-bond acceptors (Lipinski definition) is 4. The van der Waals surface area contributed by atoms with Gasteiger partial charge >= 0.3 is 11.7 Å². The van der Waals surface area contributed by atoms with Crippen LogP contribution in [0.2, 0.25) is 0 Å². The third-order valence-electron chi connectivity index (χ3n) is 3.82. The number of ether oxygens (including phenoxy) is 1. The van der Waals surface area contributed by atoms with Crippen LogP contribution >= 0.6 is 0 Å². The molecule has 5 heteroatoms. The Hall–Kier alpha value is -2.82. The monoisotopic (exact) mass is 311 g/mol. The molecule has 0 saturated heterocycles. The molecule has 0 amide bonds. The van der Waals surface area contributed by atoms with Gasteiger partial charge in [-0.1, -0.05) is 18.2 Å². The summed E-state index contributed by atoms with van der Waals surface area (Å²) in [4.78, 5) is 23.8. The highest BCUT2D eigenvalue weighted by molar-refractivity contribution is 5.74. The van der Waals surface area contributed by atoms with E-state index < -0.39 is 5.76 Å². The fourth-order valence-corrected chi connectivity index (χ4v) is 2.39. The molecule has 0 saturated carbocycles. The average molecular weight is 311 g/mol. The lowest BCUT2D eigenvalue weighted by atomic mass is 10.1. The Morgan fingerprint density at radius 2 is 1.91 bits per heavy atom. The van der Waals surface area contributed by atoms with Crippen molar-refractivity contribution in [3.05, 3.63) is 64.1 Å². The topological polar surface area (TPSA) is 61.4 Å². The number of benzene rings is 2. The number of carbonyl (C=O) groups is 1. The van der Waals surface area contributed by atoms with Gasteiger partial charge in [0.25, 0.3) is 0 Å². The first-order valence-electron chi connectivity index (χ1n) is 7.41. The fraction of sp³-hybridized carbons (Fsp3) is 0.222. The van der Waals surface area contributed by atoms with Crippen LogP contribution in [-0.4, -0.2) is 10.5 Å². The van der Waals surface area contributed by atoms with Crippen molar-refractivity contribution in [3.63, 3.8) is 0 Å². The summed E-state index contributed by atoms with van der Waals surface area (Å²) in [7, 11) is 0. The lowest BCUT2D eigenvalue weighted by molar-refractivity contribution is -0.134. The van der Waals surface area contributed by atoms with Crippen molar-refractivity contribution in [1.82, 2.24) is 4.57 Å². The lowest BCUT2D eigenvalue weighted by Crippen LogP contribution is -2.18. The Balaban J connectivity index is 1.70. The third kappa shape index (κ3) is 3.18. The van der Waals surface area contributed by atoms with Crippen LogP contribution in [0.15, 0.2) is 51.7 Å². The van der Waals surface area contributed by atoms with Crippen molar-refractivity contribution in [3.8, 4) is 5.75 Å². The van der Waals surface area contributed by atoms with Crippen LogP contribution in [0.3, 0.4) is 0 Å². The molecule has 0 spiro atoms. The molecule has 0 radical (unpaired) electrons. The molecule has 1 aromatic heterocycles. The Bertz CT molecular complexity index is 920. The van der Waals surface area contributed by atoms with Gasteiger partial charge in [-0.05, 0) is 49.2 Å². The van der Waals surface area contributed by atoms with Gasteiger partial charge in [0.05, 0.1) is 11.9 Å². The predicted octanol–water partition coefficient (Wildman–Crippen LogP) is 3.21. The van der Waals surface area contributed by atoms with Gasteiger partial charge in [0.2, 0.25) is 0 Å². The second kappa shape index (κ2) is 6.12. The second-order valence-electron chi connectivity index (χ2n) is 5.46. The van der Waals surface area contributed by atoms with Gasteiger partial charge in [-0.15, -0.1) is 0 Å². The maximum absolute atomic E-state index is 12.0. The number of aryl methyl sites for hydroxylation is 3. The Kier molecular flexibility index (Phi) is 4.02. The van der Waals surface area contributed by atoms with Crippen LogP contribution in [-0.2, 0) is 11.3 Å². The van der Waals surface area contributed by atoms with Crippen LogP contribution in [0.25, 0.3) is 11.1 Å². The molecule has 3 aromatic rings. The van der Waals surface area contributed by atoms with Gasteiger partial charge in [0.1, 0.15) is 5.75 Å². The minimum Gasteiger partial charge on any atom is -0.426 e. The average Bonchev–Trinajstić information content (AvgIpc) is 2.84. The highest BCUT2D eigenvalue weighted by atomic mass is 16.5. The molecule has 5 nitrogen and oxygen atoms in total. The van der Waals surface area contributed by atoms with Crippen LogP contribution in [0, 0.1) is 13.8 Å². The van der Waals surface area contributed by atoms with E-state index in [-0.39, 0.29) is 18.9 Å². The zero-order chi connectivity index (χ0) is 16.4. The summed E-state index contributed by atoms with van der Waals surface area (Å²) in [5.41, 5.74) is 3.39. The van der Waals surface area contributed by atoms with E-state index in [1.165, 1.54) is 4.57 Å². The van der Waals surface area contributed by atoms with E-state index in [1.54, 1.807) is 24.3 Å². The fourth-order valence-electron chi connectivity index (χ4n) is 2.39. The molecule has 23 heavy (non-hydrogen) atoms. The summed E-state index contributed by atoms with van der Waals surface area (Å²) in [5.74, 6) is -0.335. The van der Waals surface area contributed by atoms with Gasteiger partial charge < -0.3 is 9.15 Å². The Labute approximate surface area is 133 Å². The highest BCUT2D eigenvalue weighted by Crippen LogP contribution is 2.17. The van der Waals surface area contributed by atoms with Gasteiger partial charge in [-0.3, -0.25) is 9.36 Å². The zero-order valence-electron chi connectivity index (χ0n) is 13.0. The molecule has 0 aliphatic heterocycles. The molecule has 2 aromatic carbocycles. The summed E-state index contributed by atoms with van der Waals surface area (Å²) < 4.78 is 11.9. The van der Waals surface area contributed by atoms with Crippen molar-refractivity contribution < 1.29 is 13.9 Å². The van der Waals surface area contributed by atoms with Gasteiger partial charge in [-0.25, -0.2) is 4.79 Å². The normalized spacial score (nSPS) is 10.9. The smallest absolute Gasteiger partial charge is 0.419 e. The molecular weight excluding hydrogens is 294 g/mol. The van der Waals surface area contributed by atoms with E-state index in [0.29, 0.717) is 16.8 Å². The molecule has 118 valence electrons. The third-order valence-corrected chi connectivity index (χ3v) is 3.82. The van der Waals surface area contributed by atoms with E-state index in [1.807, 2.05) is 32.0 Å². The largest absolute Gasteiger partial charge is 0.426 e. The summed E-state index contributed by atoms with van der Waals surface area (Å²) in [5, 5.41) is 0. The quantitative estimate of drug-likeness (QED) is 0.548. The summed E-state index contributed by atoms with van der Waals surface area (Å²) in [6.07, 6.45) is 0.0936. The lowest BCUT2D eigenvalue weighted by Gasteiger charge is -2.07. The summed E-state index contributed by atoms with van der Waals surface area (Å²) in [6.45, 7) is 4.18. The van der Waals surface area contributed by atoms with Crippen molar-refractivity contribution >= 4 is 17.1 Å². The van der Waals surface area contributed by atoms with Gasteiger partial charge in [0.15, 0.2) is 5.58 Å². The first kappa shape index (κ1) is 15.1. The van der Waals surface area contributed by atoms with E-state index in [4.69, 9.17) is 9.15 Å². The molecule has 0 aliphatic rings. The number of nitrogens with zero attached hydrogens (tertiary/aromatic N) is 1.